The van der Waals surface area contributed by atoms with Crippen molar-refractivity contribution in [2.75, 3.05) is 0 Å². The highest BCUT2D eigenvalue weighted by molar-refractivity contribution is 7.89. The standard InChI is InChI=1S/C13H16N4O2S/c14-7-10-1-4-13(8-16-10)20(18,19)17-11-2-3-12(17)6-9(15)5-11/h1,4,8-9,11-12H,2-3,5-6,15H2. The summed E-state index contributed by atoms with van der Waals surface area (Å²) in [7, 11) is -3.54. The van der Waals surface area contributed by atoms with Gasteiger partial charge in [0.1, 0.15) is 16.7 Å². The van der Waals surface area contributed by atoms with E-state index in [0.29, 0.717) is 0 Å². The van der Waals surface area contributed by atoms with Crippen LogP contribution in [0, 0.1) is 11.3 Å². The van der Waals surface area contributed by atoms with Gasteiger partial charge in [-0.3, -0.25) is 0 Å². The minimum absolute atomic E-state index is 0.00407. The van der Waals surface area contributed by atoms with Crippen molar-refractivity contribution in [3.05, 3.63) is 24.0 Å². The van der Waals surface area contributed by atoms with E-state index in [4.69, 9.17) is 11.0 Å². The third kappa shape index (κ3) is 2.10. The van der Waals surface area contributed by atoms with Crippen LogP contribution in [0.5, 0.6) is 0 Å². The molecule has 3 heterocycles. The Hall–Kier alpha value is -1.49. The molecule has 0 aromatic carbocycles. The first-order valence-corrected chi connectivity index (χ1v) is 8.11. The molecule has 0 amide bonds. The van der Waals surface area contributed by atoms with Gasteiger partial charge < -0.3 is 5.73 Å². The molecule has 2 fully saturated rings. The zero-order chi connectivity index (χ0) is 14.3. The van der Waals surface area contributed by atoms with Crippen molar-refractivity contribution in [2.24, 2.45) is 5.73 Å². The van der Waals surface area contributed by atoms with E-state index in [0.717, 1.165) is 25.7 Å². The first-order valence-electron chi connectivity index (χ1n) is 6.67. The van der Waals surface area contributed by atoms with Gasteiger partial charge in [-0.15, -0.1) is 0 Å². The second kappa shape index (κ2) is 4.81. The van der Waals surface area contributed by atoms with Crippen molar-refractivity contribution >= 4 is 10.0 Å². The van der Waals surface area contributed by atoms with Crippen LogP contribution >= 0.6 is 0 Å². The number of nitriles is 1. The molecule has 7 heteroatoms. The van der Waals surface area contributed by atoms with E-state index in [-0.39, 0.29) is 28.7 Å². The lowest BCUT2D eigenvalue weighted by atomic mass is 10.0. The number of hydrogen-bond donors (Lipinski definition) is 1. The Labute approximate surface area is 118 Å². The van der Waals surface area contributed by atoms with Crippen molar-refractivity contribution < 1.29 is 8.42 Å². The Kier molecular flexibility index (Phi) is 3.24. The number of fused-ring (bicyclic) bond motifs is 2. The van der Waals surface area contributed by atoms with Crippen LogP contribution in [0.3, 0.4) is 0 Å². The van der Waals surface area contributed by atoms with Crippen molar-refractivity contribution in [2.45, 2.75) is 48.7 Å². The Morgan fingerprint density at radius 1 is 1.30 bits per heavy atom. The second-order valence-corrected chi connectivity index (χ2v) is 7.29. The number of rotatable bonds is 2. The highest BCUT2D eigenvalue weighted by atomic mass is 32.2. The highest BCUT2D eigenvalue weighted by Crippen LogP contribution is 2.39. The van der Waals surface area contributed by atoms with E-state index in [1.54, 1.807) is 4.31 Å². The maximum atomic E-state index is 12.7. The molecule has 2 N–H and O–H groups in total. The number of nitrogens with two attached hydrogens (primary N) is 1. The van der Waals surface area contributed by atoms with Crippen LogP contribution in [-0.4, -0.2) is 35.8 Å². The van der Waals surface area contributed by atoms with Crippen LogP contribution in [0.25, 0.3) is 0 Å². The molecule has 2 aliphatic rings. The van der Waals surface area contributed by atoms with E-state index < -0.39 is 10.0 Å². The molecule has 6 nitrogen and oxygen atoms in total. The van der Waals surface area contributed by atoms with Crippen LogP contribution in [0.1, 0.15) is 31.4 Å². The summed E-state index contributed by atoms with van der Waals surface area (Å²) in [5, 5.41) is 8.72. The maximum Gasteiger partial charge on any atom is 0.245 e. The quantitative estimate of drug-likeness (QED) is 0.860. The minimum atomic E-state index is -3.54. The summed E-state index contributed by atoms with van der Waals surface area (Å²) in [6, 6.07) is 4.88. The number of piperidine rings is 1. The fourth-order valence-corrected chi connectivity index (χ4v) is 5.13. The molecule has 3 rings (SSSR count). The molecule has 2 atom stereocenters. The summed E-state index contributed by atoms with van der Waals surface area (Å²) < 4.78 is 27.0. The zero-order valence-corrected chi connectivity index (χ0v) is 11.8. The number of aromatic nitrogens is 1. The van der Waals surface area contributed by atoms with Crippen LogP contribution in [0.15, 0.2) is 23.2 Å². The molecule has 2 aliphatic heterocycles. The molecular weight excluding hydrogens is 276 g/mol. The van der Waals surface area contributed by atoms with Crippen LogP contribution in [-0.2, 0) is 10.0 Å². The number of sulfonamides is 1. The molecule has 2 saturated heterocycles. The molecule has 106 valence electrons. The minimum Gasteiger partial charge on any atom is -0.328 e. The molecule has 2 unspecified atom stereocenters. The topological polar surface area (TPSA) is 100 Å². The van der Waals surface area contributed by atoms with Crippen LogP contribution < -0.4 is 5.73 Å². The number of hydrogen-bond acceptors (Lipinski definition) is 5. The largest absolute Gasteiger partial charge is 0.328 e. The SMILES string of the molecule is N#Cc1ccc(S(=O)(=O)N2C3CCC2CC(N)C3)cn1. The third-order valence-corrected chi connectivity index (χ3v) is 6.12. The van der Waals surface area contributed by atoms with E-state index in [9.17, 15) is 8.42 Å². The Balaban J connectivity index is 1.94. The van der Waals surface area contributed by atoms with Gasteiger partial charge in [0, 0.05) is 24.3 Å². The lowest BCUT2D eigenvalue weighted by molar-refractivity contribution is 0.227. The predicted octanol–water partition coefficient (Wildman–Crippen LogP) is 0.596. The monoisotopic (exact) mass is 292 g/mol. The van der Waals surface area contributed by atoms with Gasteiger partial charge in [-0.2, -0.15) is 9.57 Å². The molecule has 20 heavy (non-hydrogen) atoms. The van der Waals surface area contributed by atoms with Crippen molar-refractivity contribution in [1.82, 2.24) is 9.29 Å². The zero-order valence-electron chi connectivity index (χ0n) is 10.9. The first-order chi connectivity index (χ1) is 9.52. The summed E-state index contributed by atoms with van der Waals surface area (Å²) in [6.45, 7) is 0. The molecule has 0 radical (unpaired) electrons. The Morgan fingerprint density at radius 3 is 2.45 bits per heavy atom. The molecule has 1 aromatic heterocycles. The molecule has 0 aliphatic carbocycles. The van der Waals surface area contributed by atoms with Gasteiger partial charge in [0.15, 0.2) is 0 Å². The molecular formula is C13H16N4O2S. The van der Waals surface area contributed by atoms with Gasteiger partial charge in [-0.05, 0) is 37.8 Å². The summed E-state index contributed by atoms with van der Waals surface area (Å²) in [4.78, 5) is 4.01. The molecule has 2 bridgehead atoms. The fourth-order valence-electron chi connectivity index (χ4n) is 3.29. The van der Waals surface area contributed by atoms with Crippen molar-refractivity contribution in [1.29, 1.82) is 5.26 Å². The van der Waals surface area contributed by atoms with E-state index in [1.807, 2.05) is 6.07 Å². The normalized spacial score (nSPS) is 30.1. The van der Waals surface area contributed by atoms with Gasteiger partial charge in [0.2, 0.25) is 10.0 Å². The molecule has 1 aromatic rings. The van der Waals surface area contributed by atoms with Crippen LogP contribution in [0.4, 0.5) is 0 Å². The summed E-state index contributed by atoms with van der Waals surface area (Å²) >= 11 is 0. The molecule has 0 saturated carbocycles. The number of pyridine rings is 1. The second-order valence-electron chi connectivity index (χ2n) is 5.44. The average molecular weight is 292 g/mol. The van der Waals surface area contributed by atoms with Gasteiger partial charge in [-0.1, -0.05) is 0 Å². The third-order valence-electron chi connectivity index (χ3n) is 4.13. The van der Waals surface area contributed by atoms with Crippen molar-refractivity contribution in [3.63, 3.8) is 0 Å². The Bertz CT molecular complexity index is 636. The van der Waals surface area contributed by atoms with E-state index >= 15 is 0 Å². The summed E-state index contributed by atoms with van der Waals surface area (Å²) in [5.41, 5.74) is 6.18. The summed E-state index contributed by atoms with van der Waals surface area (Å²) in [6.07, 6.45) is 4.46. The maximum absolute atomic E-state index is 12.7. The van der Waals surface area contributed by atoms with E-state index in [1.165, 1.54) is 18.3 Å². The van der Waals surface area contributed by atoms with Crippen molar-refractivity contribution in [3.8, 4) is 6.07 Å². The average Bonchev–Trinajstić information content (AvgIpc) is 2.72. The highest BCUT2D eigenvalue weighted by Gasteiger charge is 2.46. The lowest BCUT2D eigenvalue weighted by Gasteiger charge is -2.36. The van der Waals surface area contributed by atoms with Gasteiger partial charge in [0.05, 0.1) is 0 Å². The Morgan fingerprint density at radius 2 is 1.95 bits per heavy atom. The molecule has 0 spiro atoms. The predicted molar refractivity (Wildman–Crippen MR) is 72.0 cm³/mol. The summed E-state index contributed by atoms with van der Waals surface area (Å²) in [5.74, 6) is 0. The fraction of sp³-hybridized carbons (Fsp3) is 0.538. The number of nitrogens with zero attached hydrogens (tertiary/aromatic N) is 3. The lowest BCUT2D eigenvalue weighted by Crippen LogP contribution is -2.49. The van der Waals surface area contributed by atoms with E-state index in [2.05, 4.69) is 4.98 Å². The van der Waals surface area contributed by atoms with Gasteiger partial charge >= 0.3 is 0 Å². The van der Waals surface area contributed by atoms with Gasteiger partial charge in [0.25, 0.3) is 0 Å². The van der Waals surface area contributed by atoms with Gasteiger partial charge in [-0.25, -0.2) is 13.4 Å². The van der Waals surface area contributed by atoms with Crippen LogP contribution in [0.2, 0.25) is 0 Å². The first kappa shape index (κ1) is 13.5. The smallest absolute Gasteiger partial charge is 0.245 e.